The molecule has 0 saturated carbocycles. The van der Waals surface area contributed by atoms with Crippen molar-refractivity contribution in [3.63, 3.8) is 0 Å². The van der Waals surface area contributed by atoms with Crippen LogP contribution in [0.5, 0.6) is 0 Å². The van der Waals surface area contributed by atoms with Gasteiger partial charge in [-0.25, -0.2) is 0 Å². The zero-order valence-electron chi connectivity index (χ0n) is 16.2. The number of amides is 2. The van der Waals surface area contributed by atoms with Gasteiger partial charge in [0.1, 0.15) is 0 Å². The first-order chi connectivity index (χ1) is 13.5. The predicted octanol–water partition coefficient (Wildman–Crippen LogP) is 2.96. The van der Waals surface area contributed by atoms with E-state index < -0.39 is 23.9 Å². The van der Waals surface area contributed by atoms with Crippen LogP contribution in [0.25, 0.3) is 0 Å². The lowest BCUT2D eigenvalue weighted by Gasteiger charge is -2.14. The number of carbonyl (C=O) groups excluding carboxylic acids is 3. The van der Waals surface area contributed by atoms with Crippen LogP contribution >= 0.6 is 0 Å². The molecule has 0 unspecified atom stereocenters. The van der Waals surface area contributed by atoms with Gasteiger partial charge in [-0.05, 0) is 43.0 Å². The number of aryl methyl sites for hydroxylation is 1. The number of ether oxygens (including phenoxy) is 1. The lowest BCUT2D eigenvalue weighted by atomic mass is 10.1. The van der Waals surface area contributed by atoms with Crippen LogP contribution in [0.4, 0.5) is 0 Å². The van der Waals surface area contributed by atoms with Crippen molar-refractivity contribution in [2.24, 2.45) is 0 Å². The first-order valence-electron chi connectivity index (χ1n) is 9.42. The molecule has 2 rings (SSSR count). The van der Waals surface area contributed by atoms with Gasteiger partial charge in [-0.15, -0.1) is 0 Å². The molecule has 0 aliphatic rings. The number of hydrogen-bond donors (Lipinski definition) is 2. The smallest absolute Gasteiger partial charge is 0.311 e. The number of hydrogen-bond acceptors (Lipinski definition) is 4. The number of esters is 1. The zero-order chi connectivity index (χ0) is 20.4. The minimum absolute atomic E-state index is 0.0854. The van der Waals surface area contributed by atoms with Gasteiger partial charge < -0.3 is 4.74 Å². The van der Waals surface area contributed by atoms with Crippen LogP contribution in [0.3, 0.4) is 0 Å². The highest BCUT2D eigenvalue weighted by Gasteiger charge is 2.18. The van der Waals surface area contributed by atoms with Crippen molar-refractivity contribution in [2.45, 2.75) is 45.6 Å². The maximum Gasteiger partial charge on any atom is 0.311 e. The number of unbranched alkanes of at least 4 members (excludes halogenated alkanes) is 1. The third-order valence-electron chi connectivity index (χ3n) is 4.20. The fourth-order valence-corrected chi connectivity index (χ4v) is 2.55. The van der Waals surface area contributed by atoms with E-state index in [1.54, 1.807) is 30.3 Å². The van der Waals surface area contributed by atoms with E-state index in [1.165, 1.54) is 12.5 Å². The summed E-state index contributed by atoms with van der Waals surface area (Å²) in [5, 5.41) is 0. The maximum atomic E-state index is 12.1. The molecular formula is C22H26N2O4. The summed E-state index contributed by atoms with van der Waals surface area (Å²) < 4.78 is 5.15. The van der Waals surface area contributed by atoms with Gasteiger partial charge in [0.15, 0.2) is 6.10 Å². The SMILES string of the molecule is CCCCc1ccc(CC(=O)O[C@@H](C)C(=O)NNC(=O)c2ccccc2)cc1. The van der Waals surface area contributed by atoms with Gasteiger partial charge in [0.05, 0.1) is 6.42 Å². The van der Waals surface area contributed by atoms with E-state index in [9.17, 15) is 14.4 Å². The number of nitrogens with one attached hydrogen (secondary N) is 2. The number of hydrazine groups is 1. The Balaban J connectivity index is 1.76. The highest BCUT2D eigenvalue weighted by molar-refractivity contribution is 5.95. The number of carbonyl (C=O) groups is 3. The summed E-state index contributed by atoms with van der Waals surface area (Å²) in [7, 11) is 0. The molecule has 1 atom stereocenters. The Morgan fingerprint density at radius 2 is 1.57 bits per heavy atom. The van der Waals surface area contributed by atoms with E-state index >= 15 is 0 Å². The fourth-order valence-electron chi connectivity index (χ4n) is 2.55. The molecule has 0 aliphatic carbocycles. The summed E-state index contributed by atoms with van der Waals surface area (Å²) in [4.78, 5) is 36.0. The summed E-state index contributed by atoms with van der Waals surface area (Å²) in [5.74, 6) is -1.55. The molecule has 0 saturated heterocycles. The molecule has 0 bridgehead atoms. The largest absolute Gasteiger partial charge is 0.452 e. The van der Waals surface area contributed by atoms with Crippen LogP contribution in [0, 0.1) is 0 Å². The van der Waals surface area contributed by atoms with Crippen LogP contribution in [0.15, 0.2) is 54.6 Å². The number of rotatable bonds is 8. The van der Waals surface area contributed by atoms with Crippen molar-refractivity contribution in [1.29, 1.82) is 0 Å². The van der Waals surface area contributed by atoms with Crippen molar-refractivity contribution in [3.8, 4) is 0 Å². The minimum atomic E-state index is -1.02. The summed E-state index contributed by atoms with van der Waals surface area (Å²) >= 11 is 0. The molecule has 0 radical (unpaired) electrons. The van der Waals surface area contributed by atoms with E-state index in [-0.39, 0.29) is 6.42 Å². The van der Waals surface area contributed by atoms with Crippen LogP contribution in [-0.4, -0.2) is 23.9 Å². The summed E-state index contributed by atoms with van der Waals surface area (Å²) in [6, 6.07) is 16.3. The molecule has 28 heavy (non-hydrogen) atoms. The van der Waals surface area contributed by atoms with Crippen molar-refractivity contribution < 1.29 is 19.1 Å². The summed E-state index contributed by atoms with van der Waals surface area (Å²) in [6.45, 7) is 3.60. The van der Waals surface area contributed by atoms with Crippen molar-refractivity contribution in [3.05, 3.63) is 71.3 Å². The van der Waals surface area contributed by atoms with Crippen LogP contribution in [-0.2, 0) is 27.2 Å². The van der Waals surface area contributed by atoms with Gasteiger partial charge in [0, 0.05) is 5.56 Å². The van der Waals surface area contributed by atoms with Gasteiger partial charge in [-0.1, -0.05) is 55.8 Å². The Morgan fingerprint density at radius 1 is 0.929 bits per heavy atom. The summed E-state index contributed by atoms with van der Waals surface area (Å²) in [6.07, 6.45) is 2.36. The second kappa shape index (κ2) is 10.9. The molecule has 0 fully saturated rings. The standard InChI is InChI=1S/C22H26N2O4/c1-3-4-8-17-11-13-18(14-12-17)15-20(25)28-16(2)21(26)23-24-22(27)19-9-6-5-7-10-19/h5-7,9-14,16H,3-4,8,15H2,1-2H3,(H,23,26)(H,24,27)/t16-/m0/s1. The first-order valence-corrected chi connectivity index (χ1v) is 9.42. The van der Waals surface area contributed by atoms with Gasteiger partial charge in [0.25, 0.3) is 11.8 Å². The van der Waals surface area contributed by atoms with Crippen LogP contribution in [0.2, 0.25) is 0 Å². The third-order valence-corrected chi connectivity index (χ3v) is 4.20. The highest BCUT2D eigenvalue weighted by Crippen LogP contribution is 2.09. The van der Waals surface area contributed by atoms with Crippen LogP contribution in [0.1, 0.15) is 48.2 Å². The quantitative estimate of drug-likeness (QED) is 0.543. The second-order valence-corrected chi connectivity index (χ2v) is 6.54. The molecule has 0 spiro atoms. The molecule has 2 aromatic rings. The van der Waals surface area contributed by atoms with Gasteiger partial charge in [0.2, 0.25) is 0 Å². The third kappa shape index (κ3) is 6.87. The zero-order valence-corrected chi connectivity index (χ0v) is 16.2. The van der Waals surface area contributed by atoms with Crippen molar-refractivity contribution >= 4 is 17.8 Å². The van der Waals surface area contributed by atoms with Gasteiger partial charge in [-0.2, -0.15) is 0 Å². The van der Waals surface area contributed by atoms with Crippen molar-refractivity contribution in [1.82, 2.24) is 10.9 Å². The Bertz CT molecular complexity index is 788. The normalized spacial score (nSPS) is 11.4. The van der Waals surface area contributed by atoms with E-state index in [2.05, 4.69) is 17.8 Å². The molecule has 2 aromatic carbocycles. The molecule has 6 heteroatoms. The minimum Gasteiger partial charge on any atom is -0.452 e. The molecule has 0 heterocycles. The molecule has 148 valence electrons. The summed E-state index contributed by atoms with van der Waals surface area (Å²) in [5.41, 5.74) is 7.03. The Kier molecular flexibility index (Phi) is 8.21. The topological polar surface area (TPSA) is 84.5 Å². The molecule has 2 amide bonds. The Hall–Kier alpha value is -3.15. The van der Waals surface area contributed by atoms with E-state index in [4.69, 9.17) is 4.74 Å². The van der Waals surface area contributed by atoms with E-state index in [1.807, 2.05) is 24.3 Å². The lowest BCUT2D eigenvalue weighted by Crippen LogP contribution is -2.46. The second-order valence-electron chi connectivity index (χ2n) is 6.54. The van der Waals surface area contributed by atoms with Gasteiger partial charge in [-0.3, -0.25) is 25.2 Å². The molecule has 0 aliphatic heterocycles. The first kappa shape index (κ1) is 21.2. The van der Waals surface area contributed by atoms with Crippen LogP contribution < -0.4 is 10.9 Å². The average Bonchev–Trinajstić information content (AvgIpc) is 2.71. The Labute approximate surface area is 165 Å². The Morgan fingerprint density at radius 3 is 2.21 bits per heavy atom. The molecule has 0 aromatic heterocycles. The highest BCUT2D eigenvalue weighted by atomic mass is 16.5. The fraction of sp³-hybridized carbons (Fsp3) is 0.318. The molecular weight excluding hydrogens is 356 g/mol. The molecule has 6 nitrogen and oxygen atoms in total. The predicted molar refractivity (Wildman–Crippen MR) is 106 cm³/mol. The average molecular weight is 382 g/mol. The van der Waals surface area contributed by atoms with E-state index in [0.717, 1.165) is 24.8 Å². The number of benzene rings is 2. The molecule has 2 N–H and O–H groups in total. The van der Waals surface area contributed by atoms with E-state index in [0.29, 0.717) is 5.56 Å². The van der Waals surface area contributed by atoms with Gasteiger partial charge >= 0.3 is 5.97 Å². The monoisotopic (exact) mass is 382 g/mol. The lowest BCUT2D eigenvalue weighted by molar-refractivity contribution is -0.154. The van der Waals surface area contributed by atoms with Crippen molar-refractivity contribution in [2.75, 3.05) is 0 Å². The maximum absolute atomic E-state index is 12.1.